The Morgan fingerprint density at radius 1 is 1.12 bits per heavy atom. The van der Waals surface area contributed by atoms with Gasteiger partial charge in [0.15, 0.2) is 4.77 Å². The van der Waals surface area contributed by atoms with E-state index in [0.29, 0.717) is 12.6 Å². The number of hydrogen-bond acceptors (Lipinski definition) is 5. The molecule has 1 saturated carbocycles. The normalized spacial score (nSPS) is 18.8. The molecule has 26 heavy (non-hydrogen) atoms. The third-order valence-electron chi connectivity index (χ3n) is 4.92. The fourth-order valence-electron chi connectivity index (χ4n) is 3.25. The molecule has 1 aromatic heterocycles. The highest BCUT2D eigenvalue weighted by Gasteiger charge is 2.25. The molecule has 0 unspecified atom stereocenters. The van der Waals surface area contributed by atoms with Gasteiger partial charge >= 0.3 is 0 Å². The lowest BCUT2D eigenvalue weighted by Gasteiger charge is -2.33. The van der Waals surface area contributed by atoms with Gasteiger partial charge < -0.3 is 9.88 Å². The zero-order valence-electron chi connectivity index (χ0n) is 14.8. The first kappa shape index (κ1) is 17.4. The van der Waals surface area contributed by atoms with Crippen molar-refractivity contribution in [3.05, 3.63) is 41.4 Å². The van der Waals surface area contributed by atoms with Crippen molar-refractivity contribution in [2.24, 2.45) is 0 Å². The molecule has 0 spiro atoms. The van der Waals surface area contributed by atoms with Crippen molar-refractivity contribution in [3.8, 4) is 0 Å². The number of amides is 1. The van der Waals surface area contributed by atoms with Gasteiger partial charge in [0.05, 0.1) is 13.2 Å². The minimum atomic E-state index is 0.0371. The van der Waals surface area contributed by atoms with Crippen molar-refractivity contribution in [2.75, 3.05) is 38.0 Å². The predicted molar refractivity (Wildman–Crippen MR) is 102 cm³/mol. The van der Waals surface area contributed by atoms with Gasteiger partial charge in [0.25, 0.3) is 0 Å². The van der Waals surface area contributed by atoms with E-state index in [1.165, 1.54) is 12.8 Å². The number of benzene rings is 1. The topological polar surface area (TPSA) is 58.3 Å². The molecule has 1 aliphatic carbocycles. The summed E-state index contributed by atoms with van der Waals surface area (Å²) >= 11 is 5.53. The van der Waals surface area contributed by atoms with E-state index in [2.05, 4.69) is 24.8 Å². The standard InChI is InChI=1S/C18H24N6OS/c25-17(20-15-4-2-1-3-5-15)12-21-8-10-22(11-9-21)14-24-18(26)23(13-19-24)16-6-7-16/h1-5,13,16H,6-12,14H2,(H,20,25). The summed E-state index contributed by atoms with van der Waals surface area (Å²) in [5.41, 5.74) is 0.844. The predicted octanol–water partition coefficient (Wildman–Crippen LogP) is 1.96. The molecule has 1 aliphatic heterocycles. The van der Waals surface area contributed by atoms with E-state index in [-0.39, 0.29) is 5.91 Å². The number of piperazine rings is 1. The minimum absolute atomic E-state index is 0.0371. The summed E-state index contributed by atoms with van der Waals surface area (Å²) < 4.78 is 4.84. The van der Waals surface area contributed by atoms with Crippen molar-refractivity contribution in [1.82, 2.24) is 24.1 Å². The third-order valence-corrected chi connectivity index (χ3v) is 5.34. The lowest BCUT2D eigenvalue weighted by molar-refractivity contribution is -0.117. The maximum Gasteiger partial charge on any atom is 0.238 e. The zero-order chi connectivity index (χ0) is 17.9. The van der Waals surface area contributed by atoms with E-state index in [0.717, 1.165) is 43.3 Å². The fraction of sp³-hybridized carbons (Fsp3) is 0.500. The molecule has 4 rings (SSSR count). The van der Waals surface area contributed by atoms with Crippen molar-refractivity contribution in [3.63, 3.8) is 0 Å². The summed E-state index contributed by atoms with van der Waals surface area (Å²) in [5, 5.41) is 7.38. The molecule has 2 heterocycles. The van der Waals surface area contributed by atoms with E-state index in [9.17, 15) is 4.79 Å². The maximum atomic E-state index is 12.2. The highest BCUT2D eigenvalue weighted by atomic mass is 32.1. The quantitative estimate of drug-likeness (QED) is 0.786. The average Bonchev–Trinajstić information content (AvgIpc) is 3.42. The van der Waals surface area contributed by atoms with Crippen LogP contribution in [0.25, 0.3) is 0 Å². The van der Waals surface area contributed by atoms with E-state index in [1.54, 1.807) is 0 Å². The molecule has 138 valence electrons. The van der Waals surface area contributed by atoms with E-state index in [4.69, 9.17) is 12.2 Å². The Morgan fingerprint density at radius 2 is 1.81 bits per heavy atom. The molecule has 0 atom stereocenters. The van der Waals surface area contributed by atoms with Gasteiger partial charge in [-0.25, -0.2) is 4.68 Å². The number of carbonyl (C=O) groups is 1. The van der Waals surface area contributed by atoms with Crippen LogP contribution in [0.15, 0.2) is 36.7 Å². The van der Waals surface area contributed by atoms with Crippen LogP contribution in [-0.2, 0) is 11.5 Å². The first-order chi connectivity index (χ1) is 12.7. The number of carbonyl (C=O) groups excluding carboxylic acids is 1. The van der Waals surface area contributed by atoms with Crippen LogP contribution < -0.4 is 5.32 Å². The Hall–Kier alpha value is -2.03. The van der Waals surface area contributed by atoms with Gasteiger partial charge in [0, 0.05) is 37.9 Å². The van der Waals surface area contributed by atoms with Crippen molar-refractivity contribution >= 4 is 23.8 Å². The van der Waals surface area contributed by atoms with E-state index in [1.807, 2.05) is 41.3 Å². The minimum Gasteiger partial charge on any atom is -0.325 e. The zero-order valence-corrected chi connectivity index (χ0v) is 15.6. The summed E-state index contributed by atoms with van der Waals surface area (Å²) in [6, 6.07) is 10.2. The molecule has 1 aromatic carbocycles. The summed E-state index contributed by atoms with van der Waals surface area (Å²) in [6.07, 6.45) is 4.29. The number of aromatic nitrogens is 3. The first-order valence-electron chi connectivity index (χ1n) is 9.12. The van der Waals surface area contributed by atoms with E-state index >= 15 is 0 Å². The van der Waals surface area contributed by atoms with Crippen LogP contribution >= 0.6 is 12.2 Å². The summed E-state index contributed by atoms with van der Waals surface area (Å²) in [5.74, 6) is 0.0371. The van der Waals surface area contributed by atoms with Gasteiger partial charge in [-0.05, 0) is 37.2 Å². The van der Waals surface area contributed by atoms with Crippen LogP contribution in [-0.4, -0.2) is 62.8 Å². The molecule has 2 aliphatic rings. The molecule has 2 fully saturated rings. The highest BCUT2D eigenvalue weighted by molar-refractivity contribution is 7.71. The molecule has 2 aromatic rings. The number of nitrogens with zero attached hydrogens (tertiary/aromatic N) is 5. The second kappa shape index (κ2) is 7.69. The molecular formula is C18H24N6OS. The second-order valence-corrected chi connectivity index (χ2v) is 7.37. The molecule has 1 amide bonds. The number of nitrogens with one attached hydrogen (secondary N) is 1. The van der Waals surface area contributed by atoms with Gasteiger partial charge in [-0.2, -0.15) is 5.10 Å². The average molecular weight is 372 g/mol. The Bertz CT molecular complexity index is 805. The molecular weight excluding hydrogens is 348 g/mol. The van der Waals surface area contributed by atoms with Gasteiger partial charge in [0.1, 0.15) is 6.33 Å². The molecule has 0 bridgehead atoms. The summed E-state index contributed by atoms with van der Waals surface area (Å²) in [4.78, 5) is 16.7. The molecule has 8 heteroatoms. The van der Waals surface area contributed by atoms with Crippen LogP contribution in [0.1, 0.15) is 18.9 Å². The van der Waals surface area contributed by atoms with Gasteiger partial charge in [0.2, 0.25) is 5.91 Å². The van der Waals surface area contributed by atoms with Crippen molar-refractivity contribution < 1.29 is 4.79 Å². The SMILES string of the molecule is O=C(CN1CCN(Cn2ncn(C3CC3)c2=S)CC1)Nc1ccccc1. The molecule has 0 radical (unpaired) electrons. The van der Waals surface area contributed by atoms with Crippen LogP contribution in [0.4, 0.5) is 5.69 Å². The Labute approximate surface area is 158 Å². The Kier molecular flexibility index (Phi) is 5.14. The maximum absolute atomic E-state index is 12.2. The number of hydrogen-bond donors (Lipinski definition) is 1. The third kappa shape index (κ3) is 4.20. The smallest absolute Gasteiger partial charge is 0.238 e. The van der Waals surface area contributed by atoms with Crippen LogP contribution in [0.5, 0.6) is 0 Å². The van der Waals surface area contributed by atoms with Gasteiger partial charge in [-0.3, -0.25) is 14.6 Å². The number of anilines is 1. The van der Waals surface area contributed by atoms with Crippen LogP contribution in [0.2, 0.25) is 0 Å². The van der Waals surface area contributed by atoms with Crippen molar-refractivity contribution in [2.45, 2.75) is 25.6 Å². The highest BCUT2D eigenvalue weighted by Crippen LogP contribution is 2.34. The summed E-state index contributed by atoms with van der Waals surface area (Å²) in [6.45, 7) is 4.73. The molecule has 7 nitrogen and oxygen atoms in total. The Morgan fingerprint density at radius 3 is 2.50 bits per heavy atom. The monoisotopic (exact) mass is 372 g/mol. The largest absolute Gasteiger partial charge is 0.325 e. The van der Waals surface area contributed by atoms with Crippen LogP contribution in [0.3, 0.4) is 0 Å². The molecule has 1 N–H and O–H groups in total. The molecule has 1 saturated heterocycles. The number of para-hydroxylation sites is 1. The van der Waals surface area contributed by atoms with Crippen LogP contribution in [0, 0.1) is 4.77 Å². The summed E-state index contributed by atoms with van der Waals surface area (Å²) in [7, 11) is 0. The lowest BCUT2D eigenvalue weighted by atomic mass is 10.3. The second-order valence-electron chi connectivity index (χ2n) is 7.00. The Balaban J connectivity index is 1.24. The number of rotatable bonds is 6. The van der Waals surface area contributed by atoms with Gasteiger partial charge in [-0.15, -0.1) is 0 Å². The van der Waals surface area contributed by atoms with E-state index < -0.39 is 0 Å². The fourth-order valence-corrected chi connectivity index (χ4v) is 3.55. The van der Waals surface area contributed by atoms with Gasteiger partial charge in [-0.1, -0.05) is 18.2 Å². The first-order valence-corrected chi connectivity index (χ1v) is 9.53. The lowest BCUT2D eigenvalue weighted by Crippen LogP contribution is -2.49. The van der Waals surface area contributed by atoms with Crippen molar-refractivity contribution in [1.29, 1.82) is 0 Å².